The summed E-state index contributed by atoms with van der Waals surface area (Å²) in [5.41, 5.74) is 11.8. The van der Waals surface area contributed by atoms with E-state index in [9.17, 15) is 18.0 Å². The largest absolute Gasteiger partial charge is 0.444 e. The number of primary amides is 1. The molecule has 1 atom stereocenters. The lowest BCUT2D eigenvalue weighted by Crippen LogP contribution is -2.31. The number of hydrogen-bond acceptors (Lipinski definition) is 8. The first kappa shape index (κ1) is 55.0. The van der Waals surface area contributed by atoms with Gasteiger partial charge in [0.25, 0.3) is 0 Å². The van der Waals surface area contributed by atoms with Gasteiger partial charge >= 0.3 is 6.09 Å². The Morgan fingerprint density at radius 2 is 1.43 bits per heavy atom. The van der Waals surface area contributed by atoms with Crippen molar-refractivity contribution in [1.29, 1.82) is 0 Å². The second-order valence-corrected chi connectivity index (χ2v) is 12.1. The highest BCUT2D eigenvalue weighted by atomic mass is 32.2. The number of allylic oxidation sites excluding steroid dienone is 1. The monoisotopic (exact) mass is 672 g/mol. The summed E-state index contributed by atoms with van der Waals surface area (Å²) < 4.78 is 32.7. The molecular formula is C35H68N4O6S. The molecule has 2 saturated carbocycles. The molecule has 3 fully saturated rings. The molecule has 0 radical (unpaired) electrons. The zero-order valence-corrected chi connectivity index (χ0v) is 31.3. The number of nitrogens with one attached hydrogen (secondary N) is 1. The highest BCUT2D eigenvalue weighted by Crippen LogP contribution is 2.26. The minimum atomic E-state index is -3.26. The van der Waals surface area contributed by atoms with Gasteiger partial charge in [0.2, 0.25) is 16.4 Å². The van der Waals surface area contributed by atoms with Gasteiger partial charge in [-0.3, -0.25) is 9.52 Å². The van der Waals surface area contributed by atoms with Gasteiger partial charge in [-0.1, -0.05) is 73.1 Å². The normalized spacial score (nSPS) is 14.5. The van der Waals surface area contributed by atoms with Crippen molar-refractivity contribution in [2.24, 2.45) is 11.5 Å². The van der Waals surface area contributed by atoms with Crippen molar-refractivity contribution in [1.82, 2.24) is 9.62 Å². The SMILES string of the molecule is C#C.C#C.C1CC1.C=C(N)[C@@H]1CCCN1C(=C)C.C=CCOCCC.CC.CC.CC(C)(C)OC(N)=O.O=CNS(=O)(=O)C1CC1. The van der Waals surface area contributed by atoms with Crippen molar-refractivity contribution in [2.75, 3.05) is 19.8 Å². The number of ether oxygens (including phenoxy) is 2. The van der Waals surface area contributed by atoms with Crippen LogP contribution in [0.15, 0.2) is 37.2 Å². The second-order valence-electron chi connectivity index (χ2n) is 10.1. The first-order chi connectivity index (χ1) is 21.6. The van der Waals surface area contributed by atoms with E-state index in [1.165, 1.54) is 25.7 Å². The van der Waals surface area contributed by atoms with E-state index in [0.717, 1.165) is 37.4 Å². The van der Waals surface area contributed by atoms with E-state index in [0.29, 0.717) is 25.5 Å². The topological polar surface area (TPSA) is 154 Å². The van der Waals surface area contributed by atoms with Gasteiger partial charge in [-0.05, 0) is 59.8 Å². The summed E-state index contributed by atoms with van der Waals surface area (Å²) in [6.45, 7) is 31.2. The summed E-state index contributed by atoms with van der Waals surface area (Å²) in [4.78, 5) is 21.9. The smallest absolute Gasteiger partial charge is 0.405 e. The molecule has 10 nitrogen and oxygen atoms in total. The van der Waals surface area contributed by atoms with Crippen LogP contribution in [0.5, 0.6) is 0 Å². The Bertz CT molecular complexity index is 874. The summed E-state index contributed by atoms with van der Waals surface area (Å²) >= 11 is 0. The van der Waals surface area contributed by atoms with Gasteiger partial charge in [-0.25, -0.2) is 13.2 Å². The summed E-state index contributed by atoms with van der Waals surface area (Å²) in [6.07, 6.45) is 26.5. The summed E-state index contributed by atoms with van der Waals surface area (Å²) in [7, 11) is -3.26. The predicted octanol–water partition coefficient (Wildman–Crippen LogP) is 6.88. The Hall–Kier alpha value is -3.41. The molecule has 0 spiro atoms. The molecule has 0 bridgehead atoms. The molecule has 0 aromatic heterocycles. The number of nitrogens with zero attached hydrogens (tertiary/aromatic N) is 1. The van der Waals surface area contributed by atoms with E-state index < -0.39 is 21.7 Å². The van der Waals surface area contributed by atoms with Crippen molar-refractivity contribution in [3.8, 4) is 25.7 Å². The summed E-state index contributed by atoms with van der Waals surface area (Å²) in [6, 6.07) is 0.340. The molecule has 270 valence electrons. The number of amides is 2. The van der Waals surface area contributed by atoms with Gasteiger partial charge in [-0.2, -0.15) is 0 Å². The maximum Gasteiger partial charge on any atom is 0.405 e. The van der Waals surface area contributed by atoms with E-state index in [1.807, 2.05) is 34.6 Å². The van der Waals surface area contributed by atoms with Crippen molar-refractivity contribution < 1.29 is 27.5 Å². The van der Waals surface area contributed by atoms with Crippen LogP contribution >= 0.6 is 0 Å². The lowest BCUT2D eigenvalue weighted by atomic mass is 10.2. The maximum atomic E-state index is 10.7. The van der Waals surface area contributed by atoms with Crippen LogP contribution in [0.2, 0.25) is 0 Å². The molecule has 0 unspecified atom stereocenters. The minimum Gasteiger partial charge on any atom is -0.444 e. The fourth-order valence-corrected chi connectivity index (χ4v) is 3.85. The highest BCUT2D eigenvalue weighted by Gasteiger charge is 2.35. The molecule has 3 aliphatic rings. The fourth-order valence-electron chi connectivity index (χ4n) is 2.76. The maximum absolute atomic E-state index is 10.7. The molecular weight excluding hydrogens is 604 g/mol. The van der Waals surface area contributed by atoms with Gasteiger partial charge in [-0.15, -0.1) is 32.3 Å². The molecule has 2 aliphatic carbocycles. The Kier molecular flexibility index (Phi) is 45.2. The molecule has 1 aliphatic heterocycles. The average molecular weight is 673 g/mol. The van der Waals surface area contributed by atoms with Gasteiger partial charge in [0.1, 0.15) is 5.60 Å². The van der Waals surface area contributed by atoms with Crippen LogP contribution in [0, 0.1) is 25.7 Å². The van der Waals surface area contributed by atoms with Crippen LogP contribution in [-0.4, -0.2) is 62.5 Å². The molecule has 5 N–H and O–H groups in total. The van der Waals surface area contributed by atoms with Crippen LogP contribution < -0.4 is 16.2 Å². The standard InChI is InChI=1S/C9H16N2.C6H12O.C5H11NO2.C4H7NO3S.C3H6.2C2H6.2C2H2/c1-7(2)11-6-4-5-9(11)8(3)10;1-3-5-7-6-4-2;1-5(2,3)8-4(6)7;6-3-5-9(7,8)4-1-2-4;1-2-3-1;4*1-2/h9H,1,3-6,10H2,2H3;3H,1,4-6H2,2H3;1-3H3,(H2,6,7);3-4H,1-2H2,(H,5,6);1-3H2;2*1-2H3;2*1-2H/t9-;;;;;;;;/m0......../s1. The third-order valence-corrected chi connectivity index (χ3v) is 6.47. The second kappa shape index (κ2) is 37.8. The van der Waals surface area contributed by atoms with E-state index in [4.69, 9.17) is 16.2 Å². The number of rotatable bonds is 9. The average Bonchev–Trinajstić information content (AvgIpc) is 3.95. The molecule has 1 saturated heterocycles. The third kappa shape index (κ3) is 45.0. The van der Waals surface area contributed by atoms with Crippen molar-refractivity contribution in [3.63, 3.8) is 0 Å². The number of carbonyl (C=O) groups is 2. The fraction of sp³-hybridized carbons (Fsp3) is 0.657. The zero-order valence-electron chi connectivity index (χ0n) is 30.5. The number of nitrogens with two attached hydrogens (primary N) is 2. The van der Waals surface area contributed by atoms with E-state index in [1.54, 1.807) is 31.6 Å². The van der Waals surface area contributed by atoms with Crippen LogP contribution in [0.4, 0.5) is 4.79 Å². The lowest BCUT2D eigenvalue weighted by molar-refractivity contribution is -0.108. The predicted molar refractivity (Wildman–Crippen MR) is 197 cm³/mol. The Morgan fingerprint density at radius 1 is 0.978 bits per heavy atom. The molecule has 2 amide bonds. The third-order valence-electron chi connectivity index (χ3n) is 4.69. The molecule has 3 rings (SSSR count). The minimum absolute atomic E-state index is 0.202. The molecule has 1 heterocycles. The van der Waals surface area contributed by atoms with Crippen LogP contribution in [0.3, 0.4) is 0 Å². The first-order valence-electron chi connectivity index (χ1n) is 15.8. The summed E-state index contributed by atoms with van der Waals surface area (Å²) in [5, 5.41) is -0.303. The number of sulfonamides is 1. The number of terminal acetylenes is 2. The van der Waals surface area contributed by atoms with Crippen LogP contribution in [0.25, 0.3) is 0 Å². The van der Waals surface area contributed by atoms with Crippen molar-refractivity contribution in [2.45, 2.75) is 131 Å². The quantitative estimate of drug-likeness (QED) is 0.104. The van der Waals surface area contributed by atoms with E-state index in [-0.39, 0.29) is 11.7 Å². The summed E-state index contributed by atoms with van der Waals surface area (Å²) in [5.74, 6) is 0. The zero-order chi connectivity index (χ0) is 37.8. The van der Waals surface area contributed by atoms with Gasteiger partial charge in [0, 0.05) is 24.5 Å². The van der Waals surface area contributed by atoms with Crippen LogP contribution in [-0.2, 0) is 24.3 Å². The van der Waals surface area contributed by atoms with Crippen LogP contribution in [0.1, 0.15) is 114 Å². The van der Waals surface area contributed by atoms with Crippen molar-refractivity contribution >= 4 is 22.5 Å². The van der Waals surface area contributed by atoms with E-state index >= 15 is 0 Å². The van der Waals surface area contributed by atoms with Gasteiger partial charge in [0.05, 0.1) is 17.9 Å². The number of carbonyl (C=O) groups excluding carboxylic acids is 2. The lowest BCUT2D eigenvalue weighted by Gasteiger charge is -2.26. The highest BCUT2D eigenvalue weighted by molar-refractivity contribution is 7.90. The van der Waals surface area contributed by atoms with E-state index in [2.05, 4.69) is 62.0 Å². The Morgan fingerprint density at radius 3 is 1.65 bits per heavy atom. The Balaban J connectivity index is -0.000000106. The molecule has 11 heteroatoms. The molecule has 46 heavy (non-hydrogen) atoms. The molecule has 0 aromatic rings. The number of likely N-dealkylation sites (tertiary alicyclic amines) is 1. The first-order valence-corrected chi connectivity index (χ1v) is 17.3. The Labute approximate surface area is 283 Å². The van der Waals surface area contributed by atoms with Gasteiger partial charge < -0.3 is 25.8 Å². The number of hydrogen-bond donors (Lipinski definition) is 3. The van der Waals surface area contributed by atoms with Crippen molar-refractivity contribution in [3.05, 3.63) is 37.2 Å². The van der Waals surface area contributed by atoms with Gasteiger partial charge in [0.15, 0.2) is 0 Å². The molecule has 0 aromatic carbocycles.